The topological polar surface area (TPSA) is 78.0 Å². The minimum absolute atomic E-state index is 0.0311. The van der Waals surface area contributed by atoms with Gasteiger partial charge in [0.2, 0.25) is 0 Å². The summed E-state index contributed by atoms with van der Waals surface area (Å²) >= 11 is 0. The predicted octanol–water partition coefficient (Wildman–Crippen LogP) is 3.32. The molecule has 2 aromatic rings. The molecule has 1 heterocycles. The summed E-state index contributed by atoms with van der Waals surface area (Å²) in [6.07, 6.45) is 3.21. The highest BCUT2D eigenvalue weighted by atomic mass is 16.6. The normalized spacial score (nSPS) is 11.0. The lowest BCUT2D eigenvalue weighted by atomic mass is 10.1. The van der Waals surface area contributed by atoms with Gasteiger partial charge in [-0.05, 0) is 45.1 Å². The van der Waals surface area contributed by atoms with Gasteiger partial charge in [0.25, 0.3) is 5.69 Å². The van der Waals surface area contributed by atoms with Gasteiger partial charge in [0.15, 0.2) is 5.78 Å². The quantitative estimate of drug-likeness (QED) is 0.367. The molecule has 0 amide bonds. The van der Waals surface area contributed by atoms with Gasteiger partial charge in [-0.25, -0.2) is 0 Å². The molecule has 0 saturated carbocycles. The molecule has 0 fully saturated rings. The summed E-state index contributed by atoms with van der Waals surface area (Å²) in [5.74, 6) is -0.196. The van der Waals surface area contributed by atoms with Crippen LogP contribution in [-0.2, 0) is 6.54 Å². The van der Waals surface area contributed by atoms with E-state index in [1.807, 2.05) is 25.5 Å². The van der Waals surface area contributed by atoms with Crippen LogP contribution in [0.5, 0.6) is 0 Å². The van der Waals surface area contributed by atoms with Crippen LogP contribution in [0, 0.1) is 24.0 Å². The SMILES string of the molecule is CCn1nc(C)c(/C=C\C(=O)c2ccc([N+](=O)[O-])cc2)c1C. The standard InChI is InChI=1S/C16H17N3O3/c1-4-18-12(3)15(11(2)17-18)9-10-16(20)13-5-7-14(8-6-13)19(21)22/h5-10H,4H2,1-3H3/b10-9-. The second-order valence-corrected chi connectivity index (χ2v) is 4.90. The van der Waals surface area contributed by atoms with Crippen molar-refractivity contribution in [3.63, 3.8) is 0 Å². The van der Waals surface area contributed by atoms with Crippen LogP contribution < -0.4 is 0 Å². The Hall–Kier alpha value is -2.76. The van der Waals surface area contributed by atoms with Crippen LogP contribution >= 0.6 is 0 Å². The lowest BCUT2D eigenvalue weighted by Crippen LogP contribution is -1.98. The van der Waals surface area contributed by atoms with Crippen LogP contribution in [0.15, 0.2) is 30.3 Å². The Morgan fingerprint density at radius 1 is 1.32 bits per heavy atom. The third-order valence-electron chi connectivity index (χ3n) is 3.50. The maximum absolute atomic E-state index is 12.1. The number of nitro benzene ring substituents is 1. The summed E-state index contributed by atoms with van der Waals surface area (Å²) < 4.78 is 1.88. The van der Waals surface area contributed by atoms with Crippen LogP contribution in [0.25, 0.3) is 6.08 Å². The second kappa shape index (κ2) is 6.34. The molecule has 0 unspecified atom stereocenters. The molecule has 1 aromatic carbocycles. The highest BCUT2D eigenvalue weighted by molar-refractivity contribution is 6.07. The number of allylic oxidation sites excluding steroid dienone is 1. The minimum Gasteiger partial charge on any atom is -0.289 e. The fourth-order valence-corrected chi connectivity index (χ4v) is 2.26. The van der Waals surface area contributed by atoms with E-state index in [-0.39, 0.29) is 11.5 Å². The van der Waals surface area contributed by atoms with E-state index in [0.717, 1.165) is 23.5 Å². The molecule has 6 heteroatoms. The summed E-state index contributed by atoms with van der Waals surface area (Å²) in [4.78, 5) is 22.2. The van der Waals surface area contributed by atoms with Crippen LogP contribution in [0.4, 0.5) is 5.69 Å². The Labute approximate surface area is 128 Å². The Kier molecular flexibility index (Phi) is 4.50. The largest absolute Gasteiger partial charge is 0.289 e. The van der Waals surface area contributed by atoms with E-state index >= 15 is 0 Å². The number of hydrogen-bond acceptors (Lipinski definition) is 4. The first-order valence-electron chi connectivity index (χ1n) is 6.95. The fraction of sp³-hybridized carbons (Fsp3) is 0.250. The zero-order valence-electron chi connectivity index (χ0n) is 12.7. The molecule has 0 spiro atoms. The zero-order chi connectivity index (χ0) is 16.3. The number of aromatic nitrogens is 2. The maximum Gasteiger partial charge on any atom is 0.269 e. The van der Waals surface area contributed by atoms with E-state index in [1.54, 1.807) is 6.08 Å². The summed E-state index contributed by atoms with van der Waals surface area (Å²) in [7, 11) is 0. The fourth-order valence-electron chi connectivity index (χ4n) is 2.26. The smallest absolute Gasteiger partial charge is 0.269 e. The van der Waals surface area contributed by atoms with Crippen LogP contribution in [-0.4, -0.2) is 20.5 Å². The van der Waals surface area contributed by atoms with Crippen LogP contribution in [0.2, 0.25) is 0 Å². The van der Waals surface area contributed by atoms with Crippen LogP contribution in [0.3, 0.4) is 0 Å². The van der Waals surface area contributed by atoms with E-state index in [0.29, 0.717) is 5.56 Å². The number of ketones is 1. The predicted molar refractivity (Wildman–Crippen MR) is 83.8 cm³/mol. The van der Waals surface area contributed by atoms with Gasteiger partial charge in [-0.3, -0.25) is 19.6 Å². The maximum atomic E-state index is 12.1. The molecule has 2 rings (SSSR count). The Morgan fingerprint density at radius 2 is 1.95 bits per heavy atom. The molecule has 22 heavy (non-hydrogen) atoms. The Balaban J connectivity index is 2.21. The molecule has 0 bridgehead atoms. The van der Waals surface area contributed by atoms with Crippen LogP contribution in [0.1, 0.15) is 34.2 Å². The minimum atomic E-state index is -0.490. The molecule has 0 aliphatic heterocycles. The monoisotopic (exact) mass is 299 g/mol. The third kappa shape index (κ3) is 3.11. The molecule has 0 saturated heterocycles. The molecule has 0 radical (unpaired) electrons. The number of nitrogens with zero attached hydrogens (tertiary/aromatic N) is 3. The molecule has 0 N–H and O–H groups in total. The molecule has 6 nitrogen and oxygen atoms in total. The summed E-state index contributed by atoms with van der Waals surface area (Å²) in [6.45, 7) is 6.64. The lowest BCUT2D eigenvalue weighted by molar-refractivity contribution is -0.384. The van der Waals surface area contributed by atoms with Crippen molar-refractivity contribution in [2.45, 2.75) is 27.3 Å². The van der Waals surface area contributed by atoms with E-state index in [9.17, 15) is 14.9 Å². The van der Waals surface area contributed by atoms with Crippen molar-refractivity contribution in [2.24, 2.45) is 0 Å². The van der Waals surface area contributed by atoms with Gasteiger partial charge < -0.3 is 0 Å². The third-order valence-corrected chi connectivity index (χ3v) is 3.50. The molecule has 0 aliphatic rings. The van der Waals surface area contributed by atoms with E-state index in [4.69, 9.17) is 0 Å². The van der Waals surface area contributed by atoms with Crippen molar-refractivity contribution in [1.29, 1.82) is 0 Å². The number of carbonyl (C=O) groups excluding carboxylic acids is 1. The van der Waals surface area contributed by atoms with E-state index in [1.165, 1.54) is 30.3 Å². The number of rotatable bonds is 5. The lowest BCUT2D eigenvalue weighted by Gasteiger charge is -1.99. The van der Waals surface area contributed by atoms with Gasteiger partial charge in [0.1, 0.15) is 0 Å². The van der Waals surface area contributed by atoms with Crippen molar-refractivity contribution in [1.82, 2.24) is 9.78 Å². The van der Waals surface area contributed by atoms with Gasteiger partial charge in [-0.15, -0.1) is 0 Å². The molecular weight excluding hydrogens is 282 g/mol. The first kappa shape index (κ1) is 15.6. The van der Waals surface area contributed by atoms with Crippen molar-refractivity contribution < 1.29 is 9.72 Å². The average molecular weight is 299 g/mol. The summed E-state index contributed by atoms with van der Waals surface area (Å²) in [5.41, 5.74) is 3.19. The van der Waals surface area contributed by atoms with E-state index in [2.05, 4.69) is 5.10 Å². The summed E-state index contributed by atoms with van der Waals surface area (Å²) in [5, 5.41) is 15.0. The Morgan fingerprint density at radius 3 is 2.45 bits per heavy atom. The second-order valence-electron chi connectivity index (χ2n) is 4.90. The van der Waals surface area contributed by atoms with Gasteiger partial charge in [-0.1, -0.05) is 0 Å². The molecule has 0 atom stereocenters. The molecule has 0 aliphatic carbocycles. The molecular formula is C16H17N3O3. The van der Waals surface area contributed by atoms with Gasteiger partial charge in [0, 0.05) is 35.5 Å². The first-order valence-corrected chi connectivity index (χ1v) is 6.95. The highest BCUT2D eigenvalue weighted by Crippen LogP contribution is 2.16. The van der Waals surface area contributed by atoms with Gasteiger partial charge >= 0.3 is 0 Å². The molecule has 1 aromatic heterocycles. The van der Waals surface area contributed by atoms with Gasteiger partial charge in [-0.2, -0.15) is 5.10 Å². The van der Waals surface area contributed by atoms with Gasteiger partial charge in [0.05, 0.1) is 10.6 Å². The first-order chi connectivity index (χ1) is 10.4. The van der Waals surface area contributed by atoms with Crippen molar-refractivity contribution in [3.8, 4) is 0 Å². The number of non-ortho nitro benzene ring substituents is 1. The number of aryl methyl sites for hydroxylation is 2. The van der Waals surface area contributed by atoms with E-state index < -0.39 is 4.92 Å². The summed E-state index contributed by atoms with van der Waals surface area (Å²) in [6, 6.07) is 5.57. The zero-order valence-corrected chi connectivity index (χ0v) is 12.7. The number of hydrogen-bond donors (Lipinski definition) is 0. The van der Waals surface area contributed by atoms with Crippen molar-refractivity contribution in [3.05, 3.63) is 63.0 Å². The average Bonchev–Trinajstić information content (AvgIpc) is 2.79. The highest BCUT2D eigenvalue weighted by Gasteiger charge is 2.10. The van der Waals surface area contributed by atoms with Crippen molar-refractivity contribution in [2.75, 3.05) is 0 Å². The molecule has 114 valence electrons. The Bertz CT molecular complexity index is 743. The van der Waals surface area contributed by atoms with Crippen molar-refractivity contribution >= 4 is 17.5 Å². The number of benzene rings is 1. The number of nitro groups is 1. The number of carbonyl (C=O) groups is 1.